The lowest BCUT2D eigenvalue weighted by Gasteiger charge is -2.50. The van der Waals surface area contributed by atoms with Crippen molar-refractivity contribution in [2.45, 2.75) is 50.7 Å². The van der Waals surface area contributed by atoms with Crippen LogP contribution in [-0.4, -0.2) is 45.6 Å². The van der Waals surface area contributed by atoms with Crippen LogP contribution in [-0.2, 0) is 0 Å². The molecule has 2 N–H and O–H groups in total. The minimum Gasteiger partial charge on any atom is -0.505 e. The molecule has 0 radical (unpaired) electrons. The molecular weight excluding hydrogens is 266 g/mol. The summed E-state index contributed by atoms with van der Waals surface area (Å²) in [6.07, 6.45) is 6.14. The molecule has 2 aliphatic heterocycles. The lowest BCUT2D eigenvalue weighted by Crippen LogP contribution is -2.57. The fourth-order valence-corrected chi connectivity index (χ4v) is 4.75. The molecule has 1 amide bonds. The molecule has 0 unspecified atom stereocenters. The minimum absolute atomic E-state index is 0.0223. The zero-order valence-corrected chi connectivity index (χ0v) is 12.2. The van der Waals surface area contributed by atoms with Gasteiger partial charge in [-0.1, -0.05) is 6.92 Å². The SMILES string of the molecule is C[C@@]12C[C@H]3CN(C(=O)c4ncccc4O)[C@@H]1CCC[C@@H]2N3. The van der Waals surface area contributed by atoms with Gasteiger partial charge in [-0.05, 0) is 37.8 Å². The molecule has 4 rings (SSSR count). The molecule has 112 valence electrons. The number of rotatable bonds is 1. The smallest absolute Gasteiger partial charge is 0.276 e. The van der Waals surface area contributed by atoms with Crippen LogP contribution in [0.25, 0.3) is 0 Å². The fraction of sp³-hybridized carbons (Fsp3) is 0.625. The molecule has 5 heteroatoms. The Bertz CT molecular complexity index is 591. The molecule has 1 aromatic rings. The van der Waals surface area contributed by atoms with Gasteiger partial charge in [-0.3, -0.25) is 4.79 Å². The molecule has 21 heavy (non-hydrogen) atoms. The maximum atomic E-state index is 12.9. The average Bonchev–Trinajstić information content (AvgIpc) is 2.80. The van der Waals surface area contributed by atoms with Crippen LogP contribution < -0.4 is 5.32 Å². The Morgan fingerprint density at radius 3 is 3.19 bits per heavy atom. The number of pyridine rings is 1. The number of carbonyl (C=O) groups is 1. The van der Waals surface area contributed by atoms with Crippen molar-refractivity contribution in [3.8, 4) is 5.75 Å². The second kappa shape index (κ2) is 4.44. The van der Waals surface area contributed by atoms with E-state index in [1.807, 2.05) is 4.90 Å². The van der Waals surface area contributed by atoms with Crippen LogP contribution in [0.15, 0.2) is 18.3 Å². The molecule has 5 nitrogen and oxygen atoms in total. The molecule has 1 saturated carbocycles. The van der Waals surface area contributed by atoms with E-state index in [1.165, 1.54) is 12.5 Å². The van der Waals surface area contributed by atoms with Gasteiger partial charge >= 0.3 is 0 Å². The zero-order valence-electron chi connectivity index (χ0n) is 12.2. The Labute approximate surface area is 124 Å². The number of hydrogen-bond donors (Lipinski definition) is 2. The number of likely N-dealkylation sites (tertiary alicyclic amines) is 1. The van der Waals surface area contributed by atoms with Gasteiger partial charge in [0.1, 0.15) is 5.75 Å². The van der Waals surface area contributed by atoms with E-state index in [0.717, 1.165) is 25.8 Å². The first-order valence-electron chi connectivity index (χ1n) is 7.80. The van der Waals surface area contributed by atoms with E-state index in [0.29, 0.717) is 12.1 Å². The second-order valence-corrected chi connectivity index (χ2v) is 6.90. The Morgan fingerprint density at radius 1 is 1.52 bits per heavy atom. The van der Waals surface area contributed by atoms with Gasteiger partial charge in [0.15, 0.2) is 5.69 Å². The quantitative estimate of drug-likeness (QED) is 0.822. The van der Waals surface area contributed by atoms with Gasteiger partial charge in [0.25, 0.3) is 5.91 Å². The van der Waals surface area contributed by atoms with Crippen LogP contribution in [0.3, 0.4) is 0 Å². The summed E-state index contributed by atoms with van der Waals surface area (Å²) in [6.45, 7) is 3.04. The van der Waals surface area contributed by atoms with Gasteiger partial charge in [0, 0.05) is 36.3 Å². The molecule has 3 heterocycles. The molecule has 3 fully saturated rings. The number of amides is 1. The number of nitrogens with zero attached hydrogens (tertiary/aromatic N) is 2. The number of carbonyl (C=O) groups excluding carboxylic acids is 1. The Morgan fingerprint density at radius 2 is 2.38 bits per heavy atom. The highest BCUT2D eigenvalue weighted by atomic mass is 16.3. The summed E-state index contributed by atoms with van der Waals surface area (Å²) in [5.41, 5.74) is 0.353. The van der Waals surface area contributed by atoms with E-state index in [-0.39, 0.29) is 28.8 Å². The third-order valence-electron chi connectivity index (χ3n) is 5.69. The van der Waals surface area contributed by atoms with Crippen LogP contribution >= 0.6 is 0 Å². The largest absolute Gasteiger partial charge is 0.505 e. The topological polar surface area (TPSA) is 65.5 Å². The van der Waals surface area contributed by atoms with E-state index in [4.69, 9.17) is 0 Å². The van der Waals surface area contributed by atoms with Crippen molar-refractivity contribution >= 4 is 5.91 Å². The third kappa shape index (κ3) is 1.80. The Hall–Kier alpha value is -1.62. The maximum Gasteiger partial charge on any atom is 0.276 e. The first-order valence-corrected chi connectivity index (χ1v) is 7.80. The molecule has 0 aromatic carbocycles. The summed E-state index contributed by atoms with van der Waals surface area (Å²) >= 11 is 0. The molecule has 1 aliphatic carbocycles. The summed E-state index contributed by atoms with van der Waals surface area (Å²) in [6, 6.07) is 4.34. The van der Waals surface area contributed by atoms with Crippen molar-refractivity contribution in [3.05, 3.63) is 24.0 Å². The van der Waals surface area contributed by atoms with E-state index in [1.54, 1.807) is 12.3 Å². The van der Waals surface area contributed by atoms with Crippen molar-refractivity contribution < 1.29 is 9.90 Å². The van der Waals surface area contributed by atoms with Gasteiger partial charge in [-0.25, -0.2) is 4.98 Å². The van der Waals surface area contributed by atoms with Crippen LogP contribution in [0.5, 0.6) is 5.75 Å². The van der Waals surface area contributed by atoms with E-state index in [2.05, 4.69) is 17.2 Å². The number of piperidine rings is 1. The maximum absolute atomic E-state index is 12.9. The molecular formula is C16H21N3O2. The second-order valence-electron chi connectivity index (χ2n) is 6.90. The van der Waals surface area contributed by atoms with E-state index < -0.39 is 0 Å². The number of hydrogen-bond acceptors (Lipinski definition) is 4. The zero-order chi connectivity index (χ0) is 14.6. The summed E-state index contributed by atoms with van der Waals surface area (Å²) in [5, 5.41) is 13.6. The van der Waals surface area contributed by atoms with Gasteiger partial charge < -0.3 is 15.3 Å². The lowest BCUT2D eigenvalue weighted by molar-refractivity contribution is 0.0124. The molecule has 3 aliphatic rings. The predicted molar refractivity (Wildman–Crippen MR) is 78.0 cm³/mol. The number of aromatic hydroxyl groups is 1. The van der Waals surface area contributed by atoms with Gasteiger partial charge in [-0.15, -0.1) is 0 Å². The third-order valence-corrected chi connectivity index (χ3v) is 5.69. The summed E-state index contributed by atoms with van der Waals surface area (Å²) in [4.78, 5) is 18.9. The number of aromatic nitrogens is 1. The Kier molecular flexibility index (Phi) is 2.76. The monoisotopic (exact) mass is 287 g/mol. The summed E-state index contributed by atoms with van der Waals surface area (Å²) < 4.78 is 0. The highest BCUT2D eigenvalue weighted by molar-refractivity contribution is 5.95. The van der Waals surface area contributed by atoms with Crippen LogP contribution in [0.4, 0.5) is 0 Å². The van der Waals surface area contributed by atoms with Gasteiger partial charge in [-0.2, -0.15) is 0 Å². The lowest BCUT2D eigenvalue weighted by atomic mass is 9.66. The molecule has 0 spiro atoms. The standard InChI is InChI=1S/C16H21N3O2/c1-16-8-10-9-19(13(16)6-2-5-12(16)18-10)15(21)14-11(20)4-3-7-17-14/h3-4,7,10,12-13,18,20H,2,5-6,8-9H2,1H3/t10-,12-,13+,16-/m0/s1. The molecule has 1 aromatic heterocycles. The van der Waals surface area contributed by atoms with Gasteiger partial charge in [0.2, 0.25) is 0 Å². The van der Waals surface area contributed by atoms with Crippen molar-refractivity contribution in [2.75, 3.05) is 6.54 Å². The fourth-order valence-electron chi connectivity index (χ4n) is 4.75. The van der Waals surface area contributed by atoms with E-state index in [9.17, 15) is 9.90 Å². The first kappa shape index (κ1) is 13.1. The highest BCUT2D eigenvalue weighted by Gasteiger charge is 2.57. The van der Waals surface area contributed by atoms with Crippen LogP contribution in [0.2, 0.25) is 0 Å². The van der Waals surface area contributed by atoms with Crippen LogP contribution in [0.1, 0.15) is 43.1 Å². The summed E-state index contributed by atoms with van der Waals surface area (Å²) in [5.74, 6) is -0.149. The normalized spacial score (nSPS) is 37.6. The average molecular weight is 287 g/mol. The van der Waals surface area contributed by atoms with Crippen molar-refractivity contribution in [1.29, 1.82) is 0 Å². The van der Waals surface area contributed by atoms with Crippen molar-refractivity contribution in [3.63, 3.8) is 0 Å². The molecule has 2 bridgehead atoms. The van der Waals surface area contributed by atoms with Crippen molar-refractivity contribution in [2.24, 2.45) is 5.41 Å². The van der Waals surface area contributed by atoms with Crippen molar-refractivity contribution in [1.82, 2.24) is 15.2 Å². The number of nitrogens with one attached hydrogen (secondary N) is 1. The first-order chi connectivity index (χ1) is 10.1. The molecule has 4 atom stereocenters. The highest BCUT2D eigenvalue weighted by Crippen LogP contribution is 2.50. The van der Waals surface area contributed by atoms with Gasteiger partial charge in [0.05, 0.1) is 0 Å². The minimum atomic E-state index is -0.127. The number of fused-ring (bicyclic) bond motifs is 1. The van der Waals surface area contributed by atoms with E-state index >= 15 is 0 Å². The Balaban J connectivity index is 1.70. The molecule has 2 saturated heterocycles. The summed E-state index contributed by atoms with van der Waals surface area (Å²) in [7, 11) is 0. The predicted octanol–water partition coefficient (Wildman–Crippen LogP) is 1.53. The van der Waals surface area contributed by atoms with Crippen LogP contribution in [0, 0.1) is 5.41 Å².